The molecule has 2 heterocycles. The molecule has 0 amide bonds. The molecule has 0 aromatic carbocycles. The van der Waals surface area contributed by atoms with Crippen LogP contribution in [0.4, 0.5) is 0 Å². The van der Waals surface area contributed by atoms with Crippen molar-refractivity contribution >= 4 is 0 Å². The lowest BCUT2D eigenvalue weighted by Gasteiger charge is -2.03. The van der Waals surface area contributed by atoms with Gasteiger partial charge in [-0.15, -0.1) is 0 Å². The summed E-state index contributed by atoms with van der Waals surface area (Å²) < 4.78 is 7.32. The van der Waals surface area contributed by atoms with Gasteiger partial charge in [-0.2, -0.15) is 5.10 Å². The van der Waals surface area contributed by atoms with Gasteiger partial charge in [0.05, 0.1) is 18.4 Å². The number of nitrogens with two attached hydrogens (primary N) is 1. The van der Waals surface area contributed by atoms with Crippen molar-refractivity contribution in [1.29, 1.82) is 0 Å². The second-order valence-corrected chi connectivity index (χ2v) is 3.68. The number of aryl methyl sites for hydroxylation is 1. The number of hydrogen-bond donors (Lipinski definition) is 1. The van der Waals surface area contributed by atoms with Crippen molar-refractivity contribution < 1.29 is 4.74 Å². The van der Waals surface area contributed by atoms with Gasteiger partial charge in [0.15, 0.2) is 0 Å². The van der Waals surface area contributed by atoms with E-state index in [9.17, 15) is 0 Å². The first-order chi connectivity index (χ1) is 8.78. The van der Waals surface area contributed by atoms with Crippen LogP contribution in [0.3, 0.4) is 0 Å². The minimum atomic E-state index is 0.332. The quantitative estimate of drug-likeness (QED) is 0.805. The molecule has 2 rings (SSSR count). The minimum absolute atomic E-state index is 0.332. The third-order valence-electron chi connectivity index (χ3n) is 2.20. The summed E-state index contributed by atoms with van der Waals surface area (Å²) in [5.41, 5.74) is 6.98. The Kier molecular flexibility index (Phi) is 3.94. The van der Waals surface area contributed by atoms with Crippen LogP contribution in [0.1, 0.15) is 11.3 Å². The van der Waals surface area contributed by atoms with E-state index in [4.69, 9.17) is 10.5 Å². The monoisotopic (exact) mass is 242 g/mol. The first-order valence-corrected chi connectivity index (χ1v) is 5.53. The average molecular weight is 242 g/mol. The topological polar surface area (TPSA) is 66.0 Å². The van der Waals surface area contributed by atoms with E-state index < -0.39 is 0 Å². The zero-order valence-electron chi connectivity index (χ0n) is 10.1. The maximum atomic E-state index is 5.59. The first kappa shape index (κ1) is 12.1. The van der Waals surface area contributed by atoms with Gasteiger partial charge in [-0.3, -0.25) is 9.67 Å². The van der Waals surface area contributed by atoms with Crippen molar-refractivity contribution in [2.24, 2.45) is 12.8 Å². The standard InChI is InChI=1S/C13H14N4O/c1-17-6-4-12(16-17)10-18-13-7-11(3-2-5-14)8-15-9-13/h4,6-9H,5,10,14H2,1H3. The van der Waals surface area contributed by atoms with Crippen molar-refractivity contribution in [3.8, 4) is 17.6 Å². The fraction of sp³-hybridized carbons (Fsp3) is 0.231. The van der Waals surface area contributed by atoms with Crippen LogP contribution in [0.5, 0.6) is 5.75 Å². The average Bonchev–Trinajstić information content (AvgIpc) is 2.80. The summed E-state index contributed by atoms with van der Waals surface area (Å²) in [6, 6.07) is 3.74. The van der Waals surface area contributed by atoms with Crippen molar-refractivity contribution in [1.82, 2.24) is 14.8 Å². The van der Waals surface area contributed by atoms with Crippen molar-refractivity contribution in [3.05, 3.63) is 42.0 Å². The summed E-state index contributed by atoms with van der Waals surface area (Å²) in [7, 11) is 1.87. The van der Waals surface area contributed by atoms with Crippen LogP contribution in [0, 0.1) is 11.8 Å². The second kappa shape index (κ2) is 5.84. The molecule has 2 N–H and O–H groups in total. The molecule has 0 radical (unpaired) electrons. The lowest BCUT2D eigenvalue weighted by atomic mass is 10.3. The van der Waals surface area contributed by atoms with Crippen LogP contribution in [0.15, 0.2) is 30.7 Å². The second-order valence-electron chi connectivity index (χ2n) is 3.68. The lowest BCUT2D eigenvalue weighted by molar-refractivity contribution is 0.299. The van der Waals surface area contributed by atoms with Crippen molar-refractivity contribution in [2.75, 3.05) is 6.54 Å². The van der Waals surface area contributed by atoms with Gasteiger partial charge in [-0.05, 0) is 12.1 Å². The molecule has 0 atom stereocenters. The van der Waals surface area contributed by atoms with Crippen molar-refractivity contribution in [3.63, 3.8) is 0 Å². The highest BCUT2D eigenvalue weighted by molar-refractivity contribution is 5.36. The summed E-state index contributed by atoms with van der Waals surface area (Å²) >= 11 is 0. The summed E-state index contributed by atoms with van der Waals surface area (Å²) in [5, 5.41) is 4.22. The molecular weight excluding hydrogens is 228 g/mol. The Bertz CT molecular complexity index is 580. The Morgan fingerprint density at radius 3 is 3.06 bits per heavy atom. The van der Waals surface area contributed by atoms with Crippen LogP contribution in [-0.4, -0.2) is 21.3 Å². The number of rotatable bonds is 3. The molecule has 0 saturated carbocycles. The van der Waals surface area contributed by atoms with Gasteiger partial charge < -0.3 is 10.5 Å². The van der Waals surface area contributed by atoms with Gasteiger partial charge >= 0.3 is 0 Å². The van der Waals surface area contributed by atoms with E-state index in [0.29, 0.717) is 18.9 Å². The normalized spacial score (nSPS) is 9.67. The number of hydrogen-bond acceptors (Lipinski definition) is 4. The highest BCUT2D eigenvalue weighted by Gasteiger charge is 2.00. The molecule has 0 unspecified atom stereocenters. The van der Waals surface area contributed by atoms with Crippen LogP contribution in [0.2, 0.25) is 0 Å². The summed E-state index contributed by atoms with van der Waals surface area (Å²) in [5.74, 6) is 6.36. The first-order valence-electron chi connectivity index (χ1n) is 5.53. The van der Waals surface area contributed by atoms with E-state index in [2.05, 4.69) is 21.9 Å². The lowest BCUT2D eigenvalue weighted by Crippen LogP contribution is -1.98. The van der Waals surface area contributed by atoms with Gasteiger partial charge in [-0.1, -0.05) is 11.8 Å². The molecule has 92 valence electrons. The fourth-order valence-electron chi connectivity index (χ4n) is 1.42. The summed E-state index contributed by atoms with van der Waals surface area (Å²) in [6.07, 6.45) is 5.20. The van der Waals surface area contributed by atoms with E-state index in [1.165, 1.54) is 0 Å². The maximum Gasteiger partial charge on any atom is 0.139 e. The van der Waals surface area contributed by atoms with Gasteiger partial charge in [0, 0.05) is 25.0 Å². The highest BCUT2D eigenvalue weighted by Crippen LogP contribution is 2.12. The maximum absolute atomic E-state index is 5.59. The van der Waals surface area contributed by atoms with Gasteiger partial charge in [0.2, 0.25) is 0 Å². The molecule has 0 aliphatic rings. The molecule has 5 nitrogen and oxygen atoms in total. The van der Waals surface area contributed by atoms with E-state index in [-0.39, 0.29) is 0 Å². The van der Waals surface area contributed by atoms with Crippen LogP contribution < -0.4 is 10.5 Å². The van der Waals surface area contributed by atoms with Gasteiger partial charge in [-0.25, -0.2) is 0 Å². The van der Waals surface area contributed by atoms with Crippen molar-refractivity contribution in [2.45, 2.75) is 6.61 Å². The van der Waals surface area contributed by atoms with E-state index >= 15 is 0 Å². The highest BCUT2D eigenvalue weighted by atomic mass is 16.5. The molecule has 18 heavy (non-hydrogen) atoms. The van der Waals surface area contributed by atoms with E-state index in [0.717, 1.165) is 11.3 Å². The molecule has 0 aliphatic heterocycles. The molecule has 2 aromatic heterocycles. The number of aromatic nitrogens is 3. The molecule has 2 aromatic rings. The Morgan fingerprint density at radius 2 is 2.33 bits per heavy atom. The molecule has 5 heteroatoms. The SMILES string of the molecule is Cn1ccc(COc2cncc(C#CCN)c2)n1. The van der Waals surface area contributed by atoms with Gasteiger partial charge in [0.1, 0.15) is 12.4 Å². The molecule has 0 fully saturated rings. The zero-order valence-corrected chi connectivity index (χ0v) is 10.1. The molecule has 0 aliphatic carbocycles. The predicted molar refractivity (Wildman–Crippen MR) is 67.7 cm³/mol. The summed E-state index contributed by atoms with van der Waals surface area (Å²) in [4.78, 5) is 4.06. The van der Waals surface area contributed by atoms with E-state index in [1.54, 1.807) is 17.1 Å². The fourth-order valence-corrected chi connectivity index (χ4v) is 1.42. The van der Waals surface area contributed by atoms with E-state index in [1.807, 2.05) is 25.4 Å². The Labute approximate surface area is 106 Å². The summed E-state index contributed by atoms with van der Waals surface area (Å²) in [6.45, 7) is 0.745. The smallest absolute Gasteiger partial charge is 0.139 e. The minimum Gasteiger partial charge on any atom is -0.486 e. The molecule has 0 bridgehead atoms. The Hall–Kier alpha value is -2.32. The van der Waals surface area contributed by atoms with Gasteiger partial charge in [0.25, 0.3) is 0 Å². The molecule has 0 saturated heterocycles. The van der Waals surface area contributed by atoms with Crippen LogP contribution in [0.25, 0.3) is 0 Å². The number of nitrogens with zero attached hydrogens (tertiary/aromatic N) is 3. The Balaban J connectivity index is 2.01. The number of pyridine rings is 1. The Morgan fingerprint density at radius 1 is 1.44 bits per heavy atom. The third kappa shape index (κ3) is 3.34. The zero-order chi connectivity index (χ0) is 12.8. The molecular formula is C13H14N4O. The molecule has 0 spiro atoms. The predicted octanol–water partition coefficient (Wildman–Crippen LogP) is 0.704. The third-order valence-corrected chi connectivity index (χ3v) is 2.20. The van der Waals surface area contributed by atoms with Crippen LogP contribution >= 0.6 is 0 Å². The number of ether oxygens (including phenoxy) is 1. The largest absolute Gasteiger partial charge is 0.486 e. The van der Waals surface area contributed by atoms with Crippen LogP contribution in [-0.2, 0) is 13.7 Å².